The summed E-state index contributed by atoms with van der Waals surface area (Å²) in [6, 6.07) is 18.6. The Morgan fingerprint density at radius 1 is 0.889 bits per heavy atom. The maximum absolute atomic E-state index is 13.8. The van der Waals surface area contributed by atoms with Crippen LogP contribution in [0.2, 0.25) is 0 Å². The van der Waals surface area contributed by atoms with E-state index < -0.39 is 6.04 Å². The van der Waals surface area contributed by atoms with Crippen molar-refractivity contribution >= 4 is 17.2 Å². The van der Waals surface area contributed by atoms with Gasteiger partial charge in [-0.15, -0.1) is 0 Å². The second kappa shape index (κ2) is 9.85. The average Bonchev–Trinajstić information content (AvgIpc) is 3.06. The lowest BCUT2D eigenvalue weighted by Crippen LogP contribution is -2.27. The fourth-order valence-corrected chi connectivity index (χ4v) is 5.07. The molecule has 0 amide bonds. The monoisotopic (exact) mass is 486 g/mol. The van der Waals surface area contributed by atoms with Crippen LogP contribution in [0.1, 0.15) is 42.9 Å². The molecule has 1 aliphatic carbocycles. The third kappa shape index (κ3) is 4.33. The van der Waals surface area contributed by atoms with Crippen LogP contribution in [0.25, 0.3) is 0 Å². The first kappa shape index (κ1) is 23.6. The van der Waals surface area contributed by atoms with Crippen molar-refractivity contribution in [2.45, 2.75) is 31.7 Å². The number of allylic oxidation sites excluding steroid dienone is 1. The van der Waals surface area contributed by atoms with Crippen molar-refractivity contribution in [3.63, 3.8) is 0 Å². The first-order chi connectivity index (χ1) is 17.5. The van der Waals surface area contributed by atoms with Crippen LogP contribution in [0.4, 0.5) is 11.4 Å². The Labute approximate surface area is 210 Å². The molecule has 1 aliphatic heterocycles. The summed E-state index contributed by atoms with van der Waals surface area (Å²) < 4.78 is 16.5. The number of benzene rings is 3. The zero-order valence-electron chi connectivity index (χ0n) is 20.6. The van der Waals surface area contributed by atoms with Gasteiger partial charge in [-0.1, -0.05) is 24.3 Å². The number of para-hydroxylation sites is 2. The van der Waals surface area contributed by atoms with Crippen LogP contribution in [-0.2, 0) is 4.79 Å². The number of ketones is 1. The Balaban J connectivity index is 1.58. The highest BCUT2D eigenvalue weighted by atomic mass is 16.5. The topological polar surface area (TPSA) is 89.1 Å². The molecule has 0 saturated carbocycles. The van der Waals surface area contributed by atoms with Crippen molar-refractivity contribution in [2.75, 3.05) is 31.5 Å². The number of phenolic OH excluding ortho intramolecular Hbond substituents is 1. The van der Waals surface area contributed by atoms with E-state index in [-0.39, 0.29) is 17.5 Å². The van der Waals surface area contributed by atoms with Gasteiger partial charge in [-0.2, -0.15) is 0 Å². The van der Waals surface area contributed by atoms with Crippen molar-refractivity contribution in [3.05, 3.63) is 83.1 Å². The summed E-state index contributed by atoms with van der Waals surface area (Å²) in [5.41, 5.74) is 5.28. The molecule has 0 unspecified atom stereocenters. The number of phenols is 1. The molecule has 2 aliphatic rings. The second-order valence-electron chi connectivity index (χ2n) is 8.94. The van der Waals surface area contributed by atoms with Gasteiger partial charge in [-0.25, -0.2) is 0 Å². The van der Waals surface area contributed by atoms with E-state index in [9.17, 15) is 9.90 Å². The van der Waals surface area contributed by atoms with Crippen LogP contribution in [-0.4, -0.2) is 31.7 Å². The summed E-state index contributed by atoms with van der Waals surface area (Å²) in [7, 11) is 3.22. The SMILES string of the molecule is CCOc1cc([C@@H]2Nc3ccccc3NC3=C2C(=O)C[C@@H](c2ccc(OC)c(OC)c2)C3)ccc1O. The number of hydrogen-bond acceptors (Lipinski definition) is 7. The van der Waals surface area contributed by atoms with E-state index in [1.165, 1.54) is 0 Å². The zero-order valence-corrected chi connectivity index (χ0v) is 20.6. The van der Waals surface area contributed by atoms with E-state index in [0.29, 0.717) is 42.3 Å². The van der Waals surface area contributed by atoms with Crippen LogP contribution < -0.4 is 24.8 Å². The number of methoxy groups -OCH3 is 2. The molecule has 36 heavy (non-hydrogen) atoms. The molecule has 0 spiro atoms. The average molecular weight is 487 g/mol. The summed E-state index contributed by atoms with van der Waals surface area (Å²) in [4.78, 5) is 13.8. The fourth-order valence-electron chi connectivity index (χ4n) is 5.07. The lowest BCUT2D eigenvalue weighted by molar-refractivity contribution is -0.116. The second-order valence-corrected chi connectivity index (χ2v) is 8.94. The Morgan fingerprint density at radius 3 is 2.36 bits per heavy atom. The van der Waals surface area contributed by atoms with Gasteiger partial charge < -0.3 is 30.0 Å². The van der Waals surface area contributed by atoms with E-state index in [4.69, 9.17) is 14.2 Å². The van der Waals surface area contributed by atoms with Gasteiger partial charge in [0.1, 0.15) is 0 Å². The highest BCUT2D eigenvalue weighted by Crippen LogP contribution is 2.46. The Kier molecular flexibility index (Phi) is 6.46. The third-order valence-corrected chi connectivity index (χ3v) is 6.81. The maximum atomic E-state index is 13.8. The van der Waals surface area contributed by atoms with Crippen molar-refractivity contribution in [3.8, 4) is 23.0 Å². The molecule has 0 bridgehead atoms. The molecular weight excluding hydrogens is 456 g/mol. The van der Waals surface area contributed by atoms with Gasteiger partial charge in [-0.3, -0.25) is 4.79 Å². The number of ether oxygens (including phenoxy) is 3. The molecule has 0 radical (unpaired) electrons. The van der Waals surface area contributed by atoms with Crippen LogP contribution in [0.15, 0.2) is 71.9 Å². The molecular formula is C29H30N2O5. The van der Waals surface area contributed by atoms with Gasteiger partial charge in [-0.05, 0) is 66.8 Å². The number of hydrogen-bond donors (Lipinski definition) is 3. The van der Waals surface area contributed by atoms with E-state index in [1.807, 2.05) is 61.5 Å². The molecule has 7 heteroatoms. The number of Topliss-reactive ketones (excluding diaryl/α,β-unsaturated/α-hetero) is 1. The molecule has 1 heterocycles. The smallest absolute Gasteiger partial charge is 0.163 e. The van der Waals surface area contributed by atoms with Crippen molar-refractivity contribution < 1.29 is 24.1 Å². The summed E-state index contributed by atoms with van der Waals surface area (Å²) >= 11 is 0. The zero-order chi connectivity index (χ0) is 25.2. The molecule has 3 aromatic carbocycles. The van der Waals surface area contributed by atoms with Crippen molar-refractivity contribution in [1.82, 2.24) is 0 Å². The maximum Gasteiger partial charge on any atom is 0.163 e. The summed E-state index contributed by atoms with van der Waals surface area (Å²) in [5.74, 6) is 1.84. The summed E-state index contributed by atoms with van der Waals surface area (Å²) in [5, 5.41) is 17.4. The highest BCUT2D eigenvalue weighted by molar-refractivity contribution is 6.01. The van der Waals surface area contributed by atoms with E-state index >= 15 is 0 Å². The molecule has 0 fully saturated rings. The number of aromatic hydroxyl groups is 1. The highest BCUT2D eigenvalue weighted by Gasteiger charge is 2.36. The number of nitrogens with one attached hydrogen (secondary N) is 2. The number of anilines is 2. The predicted molar refractivity (Wildman–Crippen MR) is 139 cm³/mol. The molecule has 3 N–H and O–H groups in total. The minimum Gasteiger partial charge on any atom is -0.504 e. The van der Waals surface area contributed by atoms with E-state index in [0.717, 1.165) is 28.2 Å². The Bertz CT molecular complexity index is 1330. The third-order valence-electron chi connectivity index (χ3n) is 6.81. The minimum atomic E-state index is -0.394. The summed E-state index contributed by atoms with van der Waals surface area (Å²) in [6.45, 7) is 2.30. The number of carbonyl (C=O) groups excluding carboxylic acids is 1. The minimum absolute atomic E-state index is 0.00623. The lowest BCUT2D eigenvalue weighted by Gasteiger charge is -2.30. The largest absolute Gasteiger partial charge is 0.504 e. The lowest BCUT2D eigenvalue weighted by atomic mass is 9.78. The van der Waals surface area contributed by atoms with Crippen LogP contribution in [0, 0.1) is 0 Å². The number of rotatable bonds is 6. The van der Waals surface area contributed by atoms with E-state index in [2.05, 4.69) is 10.6 Å². The summed E-state index contributed by atoms with van der Waals surface area (Å²) in [6.07, 6.45) is 1.04. The molecule has 0 saturated heterocycles. The Morgan fingerprint density at radius 2 is 1.61 bits per heavy atom. The van der Waals surface area contributed by atoms with Gasteiger partial charge in [0.15, 0.2) is 28.8 Å². The van der Waals surface area contributed by atoms with Gasteiger partial charge >= 0.3 is 0 Å². The van der Waals surface area contributed by atoms with Crippen molar-refractivity contribution in [2.24, 2.45) is 0 Å². The molecule has 5 rings (SSSR count). The van der Waals surface area contributed by atoms with Crippen LogP contribution >= 0.6 is 0 Å². The van der Waals surface area contributed by atoms with Crippen molar-refractivity contribution in [1.29, 1.82) is 0 Å². The van der Waals surface area contributed by atoms with Gasteiger partial charge in [0.2, 0.25) is 0 Å². The Hall–Kier alpha value is -4.13. The number of fused-ring (bicyclic) bond motifs is 1. The normalized spacial score (nSPS) is 18.8. The molecule has 3 aromatic rings. The first-order valence-corrected chi connectivity index (χ1v) is 12.1. The molecule has 2 atom stereocenters. The quantitative estimate of drug-likeness (QED) is 0.406. The molecule has 0 aromatic heterocycles. The van der Waals surface area contributed by atoms with E-state index in [1.54, 1.807) is 20.3 Å². The number of carbonyl (C=O) groups is 1. The van der Waals surface area contributed by atoms with Gasteiger partial charge in [0.05, 0.1) is 38.2 Å². The van der Waals surface area contributed by atoms with Crippen LogP contribution in [0.5, 0.6) is 23.0 Å². The van der Waals surface area contributed by atoms with Crippen LogP contribution in [0.3, 0.4) is 0 Å². The predicted octanol–water partition coefficient (Wildman–Crippen LogP) is 5.79. The van der Waals surface area contributed by atoms with Gasteiger partial charge in [0.25, 0.3) is 0 Å². The standard InChI is InChI=1S/C29H30N2O5/c1-4-36-26-16-18(9-11-23(26)32)29-28-22(30-20-7-5-6-8-21(20)31-29)13-19(14-24(28)33)17-10-12-25(34-2)27(15-17)35-3/h5-12,15-16,19,29-32H,4,13-14H2,1-3H3/t19-,29-/m0/s1. The van der Waals surface area contributed by atoms with Gasteiger partial charge in [0, 0.05) is 17.7 Å². The molecule has 7 nitrogen and oxygen atoms in total. The molecule has 186 valence electrons. The first-order valence-electron chi connectivity index (χ1n) is 12.1. The fraction of sp³-hybridized carbons (Fsp3) is 0.276.